The number of nitrogens with one attached hydrogen (secondary N) is 3. The Hall–Kier alpha value is -6.68. The first-order chi connectivity index (χ1) is 26.9. The molecule has 0 fully saturated rings. The van der Waals surface area contributed by atoms with Gasteiger partial charge >= 0.3 is 6.09 Å². The fourth-order valence-corrected chi connectivity index (χ4v) is 6.33. The van der Waals surface area contributed by atoms with E-state index in [1.54, 1.807) is 13.2 Å². The second kappa shape index (κ2) is 19.4. The molecule has 6 rings (SSSR count). The molecule has 0 aliphatic rings. The molecule has 2 atom stereocenters. The van der Waals surface area contributed by atoms with Gasteiger partial charge in [-0.3, -0.25) is 9.59 Å². The van der Waals surface area contributed by atoms with Crippen molar-refractivity contribution in [3.8, 4) is 5.75 Å². The highest BCUT2D eigenvalue weighted by molar-refractivity contribution is 5.91. The number of aromatic amines is 1. The lowest BCUT2D eigenvalue weighted by Gasteiger charge is -2.31. The Labute approximate surface area is 321 Å². The molecule has 6 aromatic rings. The number of ether oxygens (including phenoxy) is 2. The number of imidazole rings is 1. The molecule has 1 aromatic heterocycles. The summed E-state index contributed by atoms with van der Waals surface area (Å²) in [7, 11) is 1.59. The van der Waals surface area contributed by atoms with Crippen LogP contribution in [-0.4, -0.2) is 58.5 Å². The summed E-state index contributed by atoms with van der Waals surface area (Å²) in [6, 6.07) is 44.7. The van der Waals surface area contributed by atoms with Gasteiger partial charge in [0.1, 0.15) is 31.0 Å². The second-order valence-corrected chi connectivity index (χ2v) is 13.2. The number of rotatable bonds is 17. The average molecular weight is 736 g/mol. The number of benzene rings is 5. The first-order valence-corrected chi connectivity index (χ1v) is 18.3. The van der Waals surface area contributed by atoms with Crippen molar-refractivity contribution < 1.29 is 23.9 Å². The van der Waals surface area contributed by atoms with Crippen molar-refractivity contribution in [2.75, 3.05) is 13.6 Å². The zero-order valence-corrected chi connectivity index (χ0v) is 30.7. The number of hydrogen-bond donors (Lipinski definition) is 3. The number of alkyl carbamates (subject to hydrolysis) is 1. The van der Waals surface area contributed by atoms with Crippen LogP contribution in [0, 0.1) is 0 Å². The molecule has 10 heteroatoms. The van der Waals surface area contributed by atoms with Crippen molar-refractivity contribution in [3.63, 3.8) is 0 Å². The minimum absolute atomic E-state index is 0.0353. The van der Waals surface area contributed by atoms with Crippen molar-refractivity contribution in [1.29, 1.82) is 0 Å². The van der Waals surface area contributed by atoms with Crippen LogP contribution in [0.5, 0.6) is 5.75 Å². The molecular formula is C45H45N5O5. The number of nitrogens with zero attached hydrogens (tertiary/aromatic N) is 2. The van der Waals surface area contributed by atoms with Gasteiger partial charge < -0.3 is 30.0 Å². The zero-order valence-electron chi connectivity index (χ0n) is 30.7. The first kappa shape index (κ1) is 38.1. The van der Waals surface area contributed by atoms with Crippen LogP contribution in [0.3, 0.4) is 0 Å². The minimum Gasteiger partial charge on any atom is -0.489 e. The molecule has 0 saturated carbocycles. The highest BCUT2D eigenvalue weighted by atomic mass is 16.5. The van der Waals surface area contributed by atoms with Crippen LogP contribution in [0.25, 0.3) is 0 Å². The highest BCUT2D eigenvalue weighted by Gasteiger charge is 2.33. The lowest BCUT2D eigenvalue weighted by atomic mass is 9.91. The molecule has 5 aromatic carbocycles. The van der Waals surface area contributed by atoms with Gasteiger partial charge in [0.2, 0.25) is 11.8 Å². The fourth-order valence-electron chi connectivity index (χ4n) is 6.33. The number of likely N-dealkylation sites (N-methyl/N-ethyl adjacent to an activating group) is 1. The quantitative estimate of drug-likeness (QED) is 0.0942. The summed E-state index contributed by atoms with van der Waals surface area (Å²) in [4.78, 5) is 50.3. The molecule has 0 saturated heterocycles. The first-order valence-electron chi connectivity index (χ1n) is 18.3. The molecule has 0 bridgehead atoms. The zero-order chi connectivity index (χ0) is 38.2. The molecular weight excluding hydrogens is 691 g/mol. The molecule has 0 radical (unpaired) electrons. The third-order valence-electron chi connectivity index (χ3n) is 9.38. The molecule has 55 heavy (non-hydrogen) atoms. The van der Waals surface area contributed by atoms with E-state index in [9.17, 15) is 14.4 Å². The smallest absolute Gasteiger partial charge is 0.408 e. The molecule has 1 heterocycles. The topological polar surface area (TPSA) is 126 Å². The van der Waals surface area contributed by atoms with E-state index >= 15 is 0 Å². The predicted molar refractivity (Wildman–Crippen MR) is 211 cm³/mol. The van der Waals surface area contributed by atoms with E-state index in [4.69, 9.17) is 9.47 Å². The van der Waals surface area contributed by atoms with Gasteiger partial charge in [-0.25, -0.2) is 9.78 Å². The van der Waals surface area contributed by atoms with Gasteiger partial charge in [-0.2, -0.15) is 0 Å². The maximum atomic E-state index is 14.4. The van der Waals surface area contributed by atoms with Crippen molar-refractivity contribution >= 4 is 17.9 Å². The lowest BCUT2D eigenvalue weighted by Crippen LogP contribution is -2.56. The molecule has 0 unspecified atom stereocenters. The Morgan fingerprint density at radius 3 is 1.82 bits per heavy atom. The molecule has 0 spiro atoms. The Morgan fingerprint density at radius 1 is 0.691 bits per heavy atom. The van der Waals surface area contributed by atoms with Gasteiger partial charge in [-0.15, -0.1) is 0 Å². The number of hydrogen-bond acceptors (Lipinski definition) is 6. The van der Waals surface area contributed by atoms with Gasteiger partial charge in [-0.1, -0.05) is 133 Å². The van der Waals surface area contributed by atoms with Crippen molar-refractivity contribution in [3.05, 3.63) is 192 Å². The van der Waals surface area contributed by atoms with Crippen molar-refractivity contribution in [1.82, 2.24) is 25.5 Å². The maximum absolute atomic E-state index is 14.4. The standard InChI is InChI=1S/C45H45N5O5/c1-50(44(52)41(27-38-28-46-32-48-38)49-45(53)55-31-35-16-8-3-9-17-35)42(26-33-22-24-39(25-23-33)54-30-34-14-6-2-7-15-34)43(51)47-29-40(36-18-10-4-11-19-36)37-20-12-5-13-21-37/h2-25,28,32,40-42H,26-27,29-31H2,1H3,(H,46,48)(H,47,51)(H,49,53)/t41-,42-/m0/s1. The average Bonchev–Trinajstić information content (AvgIpc) is 3.76. The van der Waals surface area contributed by atoms with Crippen LogP contribution in [0.15, 0.2) is 158 Å². The Morgan fingerprint density at radius 2 is 1.25 bits per heavy atom. The van der Waals surface area contributed by atoms with E-state index in [-0.39, 0.29) is 31.3 Å². The van der Waals surface area contributed by atoms with E-state index in [0.29, 0.717) is 24.6 Å². The van der Waals surface area contributed by atoms with Crippen LogP contribution in [0.2, 0.25) is 0 Å². The molecule has 3 amide bonds. The number of aromatic nitrogens is 2. The second-order valence-electron chi connectivity index (χ2n) is 13.2. The molecule has 0 aliphatic carbocycles. The van der Waals surface area contributed by atoms with Gasteiger partial charge in [0.25, 0.3) is 0 Å². The van der Waals surface area contributed by atoms with E-state index in [1.165, 1.54) is 11.2 Å². The van der Waals surface area contributed by atoms with Crippen LogP contribution < -0.4 is 15.4 Å². The summed E-state index contributed by atoms with van der Waals surface area (Å²) >= 11 is 0. The largest absolute Gasteiger partial charge is 0.489 e. The minimum atomic E-state index is -1.06. The lowest BCUT2D eigenvalue weighted by molar-refractivity contribution is -0.140. The maximum Gasteiger partial charge on any atom is 0.408 e. The fraction of sp³-hybridized carbons (Fsp3) is 0.200. The highest BCUT2D eigenvalue weighted by Crippen LogP contribution is 2.24. The summed E-state index contributed by atoms with van der Waals surface area (Å²) in [6.45, 7) is 0.762. The van der Waals surface area contributed by atoms with Gasteiger partial charge in [0.05, 0.1) is 6.33 Å². The van der Waals surface area contributed by atoms with E-state index in [1.807, 2.05) is 146 Å². The van der Waals surface area contributed by atoms with Gasteiger partial charge in [-0.05, 0) is 39.9 Å². The van der Waals surface area contributed by atoms with E-state index in [0.717, 1.165) is 27.8 Å². The summed E-state index contributed by atoms with van der Waals surface area (Å²) in [5, 5.41) is 5.91. The number of carbonyl (C=O) groups is 3. The number of H-pyrrole nitrogens is 1. The molecule has 10 nitrogen and oxygen atoms in total. The monoisotopic (exact) mass is 735 g/mol. The van der Waals surface area contributed by atoms with E-state index < -0.39 is 24.1 Å². The van der Waals surface area contributed by atoms with Gasteiger partial charge in [0.15, 0.2) is 0 Å². The van der Waals surface area contributed by atoms with Crippen LogP contribution >= 0.6 is 0 Å². The third kappa shape index (κ3) is 11.2. The Bertz CT molecular complexity index is 2020. The third-order valence-corrected chi connectivity index (χ3v) is 9.38. The van der Waals surface area contributed by atoms with Crippen molar-refractivity contribution in [2.45, 2.75) is 44.1 Å². The van der Waals surface area contributed by atoms with Crippen LogP contribution in [-0.2, 0) is 40.4 Å². The summed E-state index contributed by atoms with van der Waals surface area (Å²) in [5.41, 5.74) is 5.43. The Kier molecular flexibility index (Phi) is 13.4. The molecule has 3 N–H and O–H groups in total. The molecule has 0 aliphatic heterocycles. The van der Waals surface area contributed by atoms with Crippen LogP contribution in [0.4, 0.5) is 4.79 Å². The predicted octanol–water partition coefficient (Wildman–Crippen LogP) is 6.84. The van der Waals surface area contributed by atoms with Crippen molar-refractivity contribution in [2.24, 2.45) is 0 Å². The number of amides is 3. The Balaban J connectivity index is 1.22. The van der Waals surface area contributed by atoms with Crippen LogP contribution in [0.1, 0.15) is 39.4 Å². The van der Waals surface area contributed by atoms with E-state index in [2.05, 4.69) is 20.6 Å². The summed E-state index contributed by atoms with van der Waals surface area (Å²) in [5.74, 6) is -0.228. The molecule has 280 valence electrons. The summed E-state index contributed by atoms with van der Waals surface area (Å²) in [6.07, 6.45) is 2.67. The van der Waals surface area contributed by atoms with Gasteiger partial charge in [0, 0.05) is 44.2 Å². The normalized spacial score (nSPS) is 12.0. The summed E-state index contributed by atoms with van der Waals surface area (Å²) < 4.78 is 11.5. The SMILES string of the molecule is CN(C(=O)[C@H](Cc1cnc[nH]1)NC(=O)OCc1ccccc1)[C@@H](Cc1ccc(OCc2ccccc2)cc1)C(=O)NCC(c1ccccc1)c1ccccc1. The number of carbonyl (C=O) groups excluding carboxylic acids is 3.